The van der Waals surface area contributed by atoms with Gasteiger partial charge in [-0.2, -0.15) is 0 Å². The van der Waals surface area contributed by atoms with Crippen molar-refractivity contribution in [3.63, 3.8) is 0 Å². The Balaban J connectivity index is 1.60. The van der Waals surface area contributed by atoms with Gasteiger partial charge in [-0.05, 0) is 38.1 Å². The van der Waals surface area contributed by atoms with Crippen LogP contribution in [-0.2, 0) is 13.1 Å². The molecule has 0 amide bonds. The number of aryl methyl sites for hydroxylation is 1. The van der Waals surface area contributed by atoms with Crippen LogP contribution < -0.4 is 4.74 Å². The summed E-state index contributed by atoms with van der Waals surface area (Å²) in [5.74, 6) is 2.07. The molecule has 0 unspecified atom stereocenters. The van der Waals surface area contributed by atoms with Crippen molar-refractivity contribution in [1.29, 1.82) is 0 Å². The molecule has 8 nitrogen and oxygen atoms in total. The van der Waals surface area contributed by atoms with E-state index < -0.39 is 0 Å². The summed E-state index contributed by atoms with van der Waals surface area (Å²) in [4.78, 5) is 16.2. The summed E-state index contributed by atoms with van der Waals surface area (Å²) in [7, 11) is 3.66. The Hall–Kier alpha value is -3.65. The van der Waals surface area contributed by atoms with Crippen molar-refractivity contribution in [2.24, 2.45) is 0 Å². The number of rotatable bonds is 3. The van der Waals surface area contributed by atoms with E-state index in [-0.39, 0.29) is 0 Å². The third-order valence-electron chi connectivity index (χ3n) is 5.70. The number of aromatic nitrogens is 6. The van der Waals surface area contributed by atoms with E-state index in [2.05, 4.69) is 56.0 Å². The number of nitrogens with zero attached hydrogens (tertiary/aromatic N) is 7. The highest BCUT2D eigenvalue weighted by Crippen LogP contribution is 2.29. The van der Waals surface area contributed by atoms with Crippen LogP contribution in [0.15, 0.2) is 42.7 Å². The number of fused-ring (bicyclic) bond motifs is 3. The van der Waals surface area contributed by atoms with E-state index in [1.165, 1.54) is 11.1 Å². The molecule has 3 aromatic heterocycles. The Morgan fingerprint density at radius 3 is 2.52 bits per heavy atom. The molecule has 8 heteroatoms. The van der Waals surface area contributed by atoms with E-state index in [9.17, 15) is 0 Å². The average Bonchev–Trinajstić information content (AvgIpc) is 3.12. The standard InChI is InChI=1S/C23H23N7O/c1-14-6-5-7-16(15(14)2)17-10-25-18(11-24-17)23-28-27-21-13-29(3)12-19-20(30(21)23)8-9-22(26-19)31-4/h5-11H,12-13H2,1-4H3. The zero-order valence-corrected chi connectivity index (χ0v) is 18.0. The summed E-state index contributed by atoms with van der Waals surface area (Å²) in [5.41, 5.74) is 6.86. The smallest absolute Gasteiger partial charge is 0.213 e. The van der Waals surface area contributed by atoms with Gasteiger partial charge in [-0.25, -0.2) is 9.97 Å². The molecule has 0 N–H and O–H groups in total. The van der Waals surface area contributed by atoms with Crippen molar-refractivity contribution >= 4 is 0 Å². The predicted molar refractivity (Wildman–Crippen MR) is 117 cm³/mol. The van der Waals surface area contributed by atoms with Gasteiger partial charge in [0.25, 0.3) is 0 Å². The number of hydrogen-bond acceptors (Lipinski definition) is 7. The monoisotopic (exact) mass is 413 g/mol. The molecule has 0 spiro atoms. The first-order valence-electron chi connectivity index (χ1n) is 10.1. The van der Waals surface area contributed by atoms with Gasteiger partial charge in [0.2, 0.25) is 5.88 Å². The van der Waals surface area contributed by atoms with Crippen LogP contribution in [0, 0.1) is 13.8 Å². The number of ether oxygens (including phenoxy) is 1. The zero-order chi connectivity index (χ0) is 21.5. The van der Waals surface area contributed by atoms with Gasteiger partial charge in [-0.15, -0.1) is 10.2 Å². The lowest BCUT2D eigenvalue weighted by Gasteiger charge is -2.13. The molecule has 156 valence electrons. The minimum atomic E-state index is 0.586. The second-order valence-corrected chi connectivity index (χ2v) is 7.80. The highest BCUT2D eigenvalue weighted by molar-refractivity contribution is 5.65. The molecule has 0 saturated heterocycles. The fourth-order valence-corrected chi connectivity index (χ4v) is 3.91. The molecule has 31 heavy (non-hydrogen) atoms. The summed E-state index contributed by atoms with van der Waals surface area (Å²) in [5, 5.41) is 8.88. The second kappa shape index (κ2) is 7.55. The third-order valence-corrected chi connectivity index (χ3v) is 5.70. The number of pyridine rings is 1. The van der Waals surface area contributed by atoms with Gasteiger partial charge in [0, 0.05) is 18.2 Å². The largest absolute Gasteiger partial charge is 0.481 e. The number of methoxy groups -OCH3 is 1. The summed E-state index contributed by atoms with van der Waals surface area (Å²) in [6, 6.07) is 10.1. The second-order valence-electron chi connectivity index (χ2n) is 7.80. The van der Waals surface area contributed by atoms with Crippen molar-refractivity contribution in [1.82, 2.24) is 34.6 Å². The Kier molecular flexibility index (Phi) is 4.71. The maximum absolute atomic E-state index is 5.32. The molecule has 4 heterocycles. The molecule has 1 aromatic carbocycles. The maximum Gasteiger partial charge on any atom is 0.213 e. The Bertz CT molecular complexity index is 1260. The topological polar surface area (TPSA) is 81.8 Å². The van der Waals surface area contributed by atoms with Crippen LogP contribution in [0.1, 0.15) is 22.6 Å². The van der Waals surface area contributed by atoms with Crippen molar-refractivity contribution in [2.45, 2.75) is 26.9 Å². The Labute approximate surface area is 180 Å². The highest BCUT2D eigenvalue weighted by Gasteiger charge is 2.25. The van der Waals surface area contributed by atoms with Crippen LogP contribution in [0.4, 0.5) is 0 Å². The van der Waals surface area contributed by atoms with E-state index in [4.69, 9.17) is 4.74 Å². The van der Waals surface area contributed by atoms with Gasteiger partial charge in [0.05, 0.1) is 43.1 Å². The minimum absolute atomic E-state index is 0.586. The van der Waals surface area contributed by atoms with E-state index >= 15 is 0 Å². The SMILES string of the molecule is COc1ccc2c(n1)CN(C)Cc1nnc(-c3cnc(-c4cccc(C)c4C)cn3)n1-2. The van der Waals surface area contributed by atoms with Crippen LogP contribution >= 0.6 is 0 Å². The normalized spacial score (nSPS) is 13.4. The highest BCUT2D eigenvalue weighted by atomic mass is 16.5. The lowest BCUT2D eigenvalue weighted by molar-refractivity contribution is 0.309. The maximum atomic E-state index is 5.32. The predicted octanol–water partition coefficient (Wildman–Crippen LogP) is 3.36. The van der Waals surface area contributed by atoms with Gasteiger partial charge in [-0.1, -0.05) is 18.2 Å². The van der Waals surface area contributed by atoms with Gasteiger partial charge >= 0.3 is 0 Å². The minimum Gasteiger partial charge on any atom is -0.481 e. The molecule has 1 aliphatic rings. The first-order chi connectivity index (χ1) is 15.0. The first-order valence-corrected chi connectivity index (χ1v) is 10.1. The van der Waals surface area contributed by atoms with Gasteiger partial charge in [0.1, 0.15) is 5.69 Å². The van der Waals surface area contributed by atoms with Crippen molar-refractivity contribution in [2.75, 3.05) is 14.2 Å². The molecule has 0 radical (unpaired) electrons. The summed E-state index contributed by atoms with van der Waals surface area (Å²) < 4.78 is 7.34. The van der Waals surface area contributed by atoms with Gasteiger partial charge < -0.3 is 4.74 Å². The Morgan fingerprint density at radius 1 is 0.935 bits per heavy atom. The molecule has 0 atom stereocenters. The van der Waals surface area contributed by atoms with Gasteiger partial charge in [0.15, 0.2) is 11.6 Å². The molecule has 5 rings (SSSR count). The molecular weight excluding hydrogens is 390 g/mol. The van der Waals surface area contributed by atoms with Crippen molar-refractivity contribution < 1.29 is 4.74 Å². The fourth-order valence-electron chi connectivity index (χ4n) is 3.91. The fraction of sp³-hybridized carbons (Fsp3) is 0.261. The van der Waals surface area contributed by atoms with Gasteiger partial charge in [-0.3, -0.25) is 14.5 Å². The van der Waals surface area contributed by atoms with Crippen LogP contribution in [-0.4, -0.2) is 48.8 Å². The summed E-state index contributed by atoms with van der Waals surface area (Å²) in [6.07, 6.45) is 3.56. The third kappa shape index (κ3) is 3.34. The Morgan fingerprint density at radius 2 is 1.74 bits per heavy atom. The molecule has 0 saturated carbocycles. The van der Waals surface area contributed by atoms with Crippen LogP contribution in [0.5, 0.6) is 5.88 Å². The quantitative estimate of drug-likeness (QED) is 0.509. The van der Waals surface area contributed by atoms with Crippen LogP contribution in [0.3, 0.4) is 0 Å². The molecule has 0 bridgehead atoms. The molecule has 1 aliphatic heterocycles. The average molecular weight is 413 g/mol. The zero-order valence-electron chi connectivity index (χ0n) is 18.0. The molecule has 0 aliphatic carbocycles. The van der Waals surface area contributed by atoms with E-state index in [0.29, 0.717) is 30.5 Å². The lowest BCUT2D eigenvalue weighted by atomic mass is 10.0. The molecule has 0 fully saturated rings. The van der Waals surface area contributed by atoms with E-state index in [1.54, 1.807) is 19.5 Å². The van der Waals surface area contributed by atoms with Crippen LogP contribution in [0.25, 0.3) is 28.5 Å². The van der Waals surface area contributed by atoms with Crippen molar-refractivity contribution in [3.05, 3.63) is 65.4 Å². The molecular formula is C23H23N7O. The van der Waals surface area contributed by atoms with Crippen molar-refractivity contribution in [3.8, 4) is 34.3 Å². The number of benzene rings is 1. The van der Waals surface area contributed by atoms with E-state index in [1.807, 2.05) is 29.8 Å². The first kappa shape index (κ1) is 19.3. The summed E-state index contributed by atoms with van der Waals surface area (Å²) >= 11 is 0. The van der Waals surface area contributed by atoms with Crippen LogP contribution in [0.2, 0.25) is 0 Å². The van der Waals surface area contributed by atoms with E-state index in [0.717, 1.165) is 28.5 Å². The summed E-state index contributed by atoms with van der Waals surface area (Å²) in [6.45, 7) is 5.54. The lowest BCUT2D eigenvalue weighted by Crippen LogP contribution is -2.17. The number of hydrogen-bond donors (Lipinski definition) is 0. The molecule has 4 aromatic rings.